The molecule has 0 spiro atoms. The zero-order valence-corrected chi connectivity index (χ0v) is 16.6. The summed E-state index contributed by atoms with van der Waals surface area (Å²) in [6.07, 6.45) is 4.26. The van der Waals surface area contributed by atoms with Crippen LogP contribution in [0.1, 0.15) is 24.1 Å². The lowest BCUT2D eigenvalue weighted by Crippen LogP contribution is -2.18. The average molecular weight is 413 g/mol. The summed E-state index contributed by atoms with van der Waals surface area (Å²) >= 11 is 1.52. The van der Waals surface area contributed by atoms with Crippen molar-refractivity contribution >= 4 is 32.3 Å². The average Bonchev–Trinajstić information content (AvgIpc) is 3.44. The van der Waals surface area contributed by atoms with Gasteiger partial charge in [-0.15, -0.1) is 11.3 Å². The highest BCUT2D eigenvalue weighted by Gasteiger charge is 2.41. The van der Waals surface area contributed by atoms with Crippen LogP contribution in [0.4, 0.5) is 4.39 Å². The molecule has 1 aliphatic carbocycles. The van der Waals surface area contributed by atoms with Crippen LogP contribution in [-0.4, -0.2) is 14.5 Å². The van der Waals surface area contributed by atoms with Crippen LogP contribution in [0.15, 0.2) is 77.2 Å². The normalized spacial score (nSPS) is 18.2. The third-order valence-corrected chi connectivity index (χ3v) is 6.75. The molecule has 1 aliphatic rings. The van der Waals surface area contributed by atoms with Crippen molar-refractivity contribution in [2.45, 2.75) is 18.4 Å². The van der Waals surface area contributed by atoms with Crippen LogP contribution in [0.25, 0.3) is 32.1 Å². The van der Waals surface area contributed by atoms with Gasteiger partial charge in [0.15, 0.2) is 0 Å². The number of aromatic nitrogens is 3. The van der Waals surface area contributed by atoms with Gasteiger partial charge in [0.05, 0.1) is 10.9 Å². The van der Waals surface area contributed by atoms with Crippen LogP contribution in [-0.2, 0) is 0 Å². The maximum absolute atomic E-state index is 13.4. The van der Waals surface area contributed by atoms with Crippen LogP contribution in [0.3, 0.4) is 0 Å². The molecule has 1 fully saturated rings. The number of thiophene rings is 1. The molecule has 30 heavy (non-hydrogen) atoms. The number of para-hydroxylation sites is 1. The molecule has 5 aromatic rings. The van der Waals surface area contributed by atoms with E-state index in [0.29, 0.717) is 5.39 Å². The van der Waals surface area contributed by atoms with E-state index in [2.05, 4.69) is 23.2 Å². The molecule has 0 radical (unpaired) electrons. The summed E-state index contributed by atoms with van der Waals surface area (Å²) in [7, 11) is 0. The van der Waals surface area contributed by atoms with E-state index in [1.807, 2.05) is 40.4 Å². The zero-order chi connectivity index (χ0) is 20.2. The molecule has 0 N–H and O–H groups in total. The molecule has 1 saturated carbocycles. The second-order valence-corrected chi connectivity index (χ2v) is 8.54. The molecule has 0 saturated heterocycles. The standard InChI is InChI=1S/C24H16FN3OS/c25-22-8-6-15(12-26-22)17-13-30-21-9-10-28(24(29)23(17)21)20-11-16(20)19-7-5-14-3-1-2-4-18(14)27-19/h1-10,12-13,16,20H,11H2/t16-,20-/m1/s1. The minimum absolute atomic E-state index is 0.0126. The molecule has 0 bridgehead atoms. The number of nitrogens with zero attached hydrogens (tertiary/aromatic N) is 3. The quantitative estimate of drug-likeness (QED) is 0.365. The Morgan fingerprint density at radius 2 is 1.97 bits per heavy atom. The summed E-state index contributed by atoms with van der Waals surface area (Å²) in [5.74, 6) is -0.293. The SMILES string of the molecule is O=c1c2c(-c3ccc(F)nc3)csc2ccn1[C@@H]1C[C@@H]1c1ccc2ccccc2n1. The van der Waals surface area contributed by atoms with Crippen molar-refractivity contribution in [1.29, 1.82) is 0 Å². The van der Waals surface area contributed by atoms with E-state index in [1.165, 1.54) is 23.6 Å². The predicted octanol–water partition coefficient (Wildman–Crippen LogP) is 5.54. The summed E-state index contributed by atoms with van der Waals surface area (Å²) < 4.78 is 16.0. The van der Waals surface area contributed by atoms with Gasteiger partial charge in [-0.2, -0.15) is 4.39 Å². The first-order valence-electron chi connectivity index (χ1n) is 9.79. The fourth-order valence-electron chi connectivity index (χ4n) is 4.16. The van der Waals surface area contributed by atoms with Crippen LogP contribution >= 0.6 is 11.3 Å². The fraction of sp³-hybridized carbons (Fsp3) is 0.125. The van der Waals surface area contributed by atoms with Gasteiger partial charge in [-0.1, -0.05) is 24.3 Å². The molecule has 4 aromatic heterocycles. The zero-order valence-electron chi connectivity index (χ0n) is 15.8. The molecule has 2 atom stereocenters. The van der Waals surface area contributed by atoms with E-state index in [-0.39, 0.29) is 17.5 Å². The van der Waals surface area contributed by atoms with Crippen molar-refractivity contribution in [3.8, 4) is 11.1 Å². The Bertz CT molecular complexity index is 1470. The van der Waals surface area contributed by atoms with Crippen molar-refractivity contribution < 1.29 is 4.39 Å². The number of rotatable bonds is 3. The van der Waals surface area contributed by atoms with Gasteiger partial charge in [-0.25, -0.2) is 4.98 Å². The summed E-state index contributed by atoms with van der Waals surface area (Å²) in [6, 6.07) is 17.3. The van der Waals surface area contributed by atoms with Gasteiger partial charge in [0.1, 0.15) is 0 Å². The van der Waals surface area contributed by atoms with E-state index in [4.69, 9.17) is 4.98 Å². The topological polar surface area (TPSA) is 47.8 Å². The Morgan fingerprint density at radius 3 is 2.83 bits per heavy atom. The van der Waals surface area contributed by atoms with Crippen LogP contribution in [0, 0.1) is 5.95 Å². The van der Waals surface area contributed by atoms with E-state index < -0.39 is 5.95 Å². The largest absolute Gasteiger partial charge is 0.311 e. The Balaban J connectivity index is 1.40. The van der Waals surface area contributed by atoms with Gasteiger partial charge < -0.3 is 4.57 Å². The van der Waals surface area contributed by atoms with E-state index in [0.717, 1.165) is 38.8 Å². The van der Waals surface area contributed by atoms with Crippen molar-refractivity contribution in [3.05, 3.63) is 94.4 Å². The molecular formula is C24H16FN3OS. The molecule has 1 aromatic carbocycles. The van der Waals surface area contributed by atoms with Gasteiger partial charge in [-0.3, -0.25) is 9.78 Å². The second-order valence-electron chi connectivity index (χ2n) is 7.62. The van der Waals surface area contributed by atoms with E-state index in [9.17, 15) is 9.18 Å². The molecule has 6 heteroatoms. The fourth-order valence-corrected chi connectivity index (χ4v) is 5.12. The van der Waals surface area contributed by atoms with Crippen molar-refractivity contribution in [2.24, 2.45) is 0 Å². The summed E-state index contributed by atoms with van der Waals surface area (Å²) in [4.78, 5) is 21.9. The van der Waals surface area contributed by atoms with Crippen LogP contribution in [0.5, 0.6) is 0 Å². The van der Waals surface area contributed by atoms with Crippen molar-refractivity contribution in [3.63, 3.8) is 0 Å². The van der Waals surface area contributed by atoms with Crippen molar-refractivity contribution in [1.82, 2.24) is 14.5 Å². The highest BCUT2D eigenvalue weighted by molar-refractivity contribution is 7.17. The van der Waals surface area contributed by atoms with Gasteiger partial charge >= 0.3 is 0 Å². The van der Waals surface area contributed by atoms with Gasteiger partial charge in [0.25, 0.3) is 5.56 Å². The molecular weight excluding hydrogens is 397 g/mol. The number of fused-ring (bicyclic) bond motifs is 2. The number of pyridine rings is 3. The highest BCUT2D eigenvalue weighted by Crippen LogP contribution is 2.50. The third-order valence-electron chi connectivity index (χ3n) is 5.81. The maximum atomic E-state index is 13.4. The lowest BCUT2D eigenvalue weighted by molar-refractivity contribution is 0.584. The minimum atomic E-state index is -0.528. The number of benzene rings is 1. The maximum Gasteiger partial charge on any atom is 0.260 e. The third kappa shape index (κ3) is 2.75. The Morgan fingerprint density at radius 1 is 1.07 bits per heavy atom. The lowest BCUT2D eigenvalue weighted by atomic mass is 10.1. The first-order chi connectivity index (χ1) is 14.7. The van der Waals surface area contributed by atoms with Crippen molar-refractivity contribution in [2.75, 3.05) is 0 Å². The van der Waals surface area contributed by atoms with Gasteiger partial charge in [0.2, 0.25) is 5.95 Å². The lowest BCUT2D eigenvalue weighted by Gasteiger charge is -2.07. The summed E-state index contributed by atoms with van der Waals surface area (Å²) in [5.41, 5.74) is 3.55. The van der Waals surface area contributed by atoms with Gasteiger partial charge in [0, 0.05) is 56.6 Å². The number of hydrogen-bond acceptors (Lipinski definition) is 4. The first kappa shape index (κ1) is 17.5. The molecule has 0 amide bonds. The summed E-state index contributed by atoms with van der Waals surface area (Å²) in [5, 5.41) is 3.74. The first-order valence-corrected chi connectivity index (χ1v) is 10.7. The smallest absolute Gasteiger partial charge is 0.260 e. The number of hydrogen-bond donors (Lipinski definition) is 0. The molecule has 4 heterocycles. The Labute approximate surface area is 175 Å². The van der Waals surface area contributed by atoms with E-state index in [1.54, 1.807) is 6.07 Å². The molecule has 146 valence electrons. The highest BCUT2D eigenvalue weighted by atomic mass is 32.1. The molecule has 4 nitrogen and oxygen atoms in total. The number of halogens is 1. The van der Waals surface area contributed by atoms with Gasteiger partial charge in [-0.05, 0) is 36.8 Å². The van der Waals surface area contributed by atoms with E-state index >= 15 is 0 Å². The molecule has 0 unspecified atom stereocenters. The monoisotopic (exact) mass is 413 g/mol. The Hall–Kier alpha value is -3.38. The minimum Gasteiger partial charge on any atom is -0.311 e. The molecule has 6 rings (SSSR count). The second kappa shape index (κ2) is 6.57. The predicted molar refractivity (Wildman–Crippen MR) is 117 cm³/mol. The Kier molecular flexibility index (Phi) is 3.83. The van der Waals surface area contributed by atoms with Crippen LogP contribution < -0.4 is 5.56 Å². The molecule has 0 aliphatic heterocycles. The van der Waals surface area contributed by atoms with Crippen LogP contribution in [0.2, 0.25) is 0 Å². The summed E-state index contributed by atoms with van der Waals surface area (Å²) in [6.45, 7) is 0.